The van der Waals surface area contributed by atoms with Crippen molar-refractivity contribution in [1.82, 2.24) is 4.90 Å². The Morgan fingerprint density at radius 2 is 2.19 bits per heavy atom. The molecule has 0 aromatic carbocycles. The molecule has 1 fully saturated rings. The molecule has 1 aliphatic rings. The fourth-order valence-electron chi connectivity index (χ4n) is 1.76. The van der Waals surface area contributed by atoms with Gasteiger partial charge in [-0.15, -0.1) is 0 Å². The maximum Gasteiger partial charge on any atom is 0.410 e. The number of nitrogens with two attached hydrogens (primary N) is 1. The van der Waals surface area contributed by atoms with Gasteiger partial charge < -0.3 is 20.5 Å². The first kappa shape index (κ1) is 13.3. The molecule has 0 aliphatic carbocycles. The minimum Gasteiger partial charge on any atom is -0.444 e. The summed E-state index contributed by atoms with van der Waals surface area (Å²) in [5, 5.41) is 10.0. The van der Waals surface area contributed by atoms with Crippen molar-refractivity contribution < 1.29 is 14.6 Å². The van der Waals surface area contributed by atoms with E-state index in [0.717, 1.165) is 6.42 Å². The van der Waals surface area contributed by atoms with E-state index in [1.807, 2.05) is 20.8 Å². The average Bonchev–Trinajstić information content (AvgIpc) is 2.15. The number of likely N-dealkylation sites (tertiary alicyclic amines) is 1. The Morgan fingerprint density at radius 1 is 1.56 bits per heavy atom. The van der Waals surface area contributed by atoms with Crippen LogP contribution in [0.5, 0.6) is 0 Å². The van der Waals surface area contributed by atoms with Gasteiger partial charge in [0, 0.05) is 13.1 Å². The van der Waals surface area contributed by atoms with Crippen molar-refractivity contribution in [3.8, 4) is 0 Å². The van der Waals surface area contributed by atoms with Crippen LogP contribution >= 0.6 is 0 Å². The van der Waals surface area contributed by atoms with Crippen LogP contribution < -0.4 is 5.73 Å². The molecule has 1 atom stereocenters. The Balaban J connectivity index is 2.57. The number of nitrogens with zero attached hydrogens (tertiary/aromatic N) is 1. The van der Waals surface area contributed by atoms with Crippen LogP contribution in [0.4, 0.5) is 4.79 Å². The van der Waals surface area contributed by atoms with Crippen molar-refractivity contribution in [2.75, 3.05) is 19.6 Å². The molecular weight excluding hydrogens is 208 g/mol. The maximum absolute atomic E-state index is 11.8. The van der Waals surface area contributed by atoms with Crippen LogP contribution in [-0.2, 0) is 4.74 Å². The van der Waals surface area contributed by atoms with E-state index in [-0.39, 0.29) is 19.2 Å². The molecule has 5 nitrogen and oxygen atoms in total. The van der Waals surface area contributed by atoms with Gasteiger partial charge in [0.1, 0.15) is 5.60 Å². The molecule has 0 aromatic rings. The Kier molecular flexibility index (Phi) is 3.80. The fourth-order valence-corrected chi connectivity index (χ4v) is 1.76. The largest absolute Gasteiger partial charge is 0.444 e. The first-order valence-electron chi connectivity index (χ1n) is 5.66. The van der Waals surface area contributed by atoms with E-state index < -0.39 is 11.2 Å². The normalized spacial score (nSPS) is 26.7. The molecule has 16 heavy (non-hydrogen) atoms. The first-order chi connectivity index (χ1) is 7.26. The minimum absolute atomic E-state index is 0.173. The highest BCUT2D eigenvalue weighted by Crippen LogP contribution is 2.21. The molecular formula is C11H22N2O3. The number of amides is 1. The molecule has 1 heterocycles. The van der Waals surface area contributed by atoms with E-state index in [2.05, 4.69) is 0 Å². The second kappa shape index (κ2) is 4.59. The number of ether oxygens (including phenoxy) is 1. The lowest BCUT2D eigenvalue weighted by Crippen LogP contribution is -2.54. The fraction of sp³-hybridized carbons (Fsp3) is 0.909. The molecule has 1 aliphatic heterocycles. The van der Waals surface area contributed by atoms with Crippen LogP contribution in [0, 0.1) is 0 Å². The van der Waals surface area contributed by atoms with Crippen molar-refractivity contribution in [2.45, 2.75) is 44.8 Å². The van der Waals surface area contributed by atoms with Gasteiger partial charge in [-0.1, -0.05) is 0 Å². The lowest BCUT2D eigenvalue weighted by molar-refractivity contribution is -0.0376. The third-order valence-corrected chi connectivity index (χ3v) is 2.59. The van der Waals surface area contributed by atoms with Crippen LogP contribution in [0.15, 0.2) is 0 Å². The van der Waals surface area contributed by atoms with Gasteiger partial charge in [0.15, 0.2) is 0 Å². The number of carbonyl (C=O) groups excluding carboxylic acids is 1. The standard InChI is InChI=1S/C11H22N2O3/c1-10(2,3)16-9(14)13-6-4-5-11(15,7-12)8-13/h15H,4-8,12H2,1-3H3. The van der Waals surface area contributed by atoms with E-state index in [9.17, 15) is 9.90 Å². The monoisotopic (exact) mass is 230 g/mol. The summed E-state index contributed by atoms with van der Waals surface area (Å²) in [6.07, 6.45) is 1.02. The molecule has 3 N–H and O–H groups in total. The van der Waals surface area contributed by atoms with Gasteiger partial charge in [-0.2, -0.15) is 0 Å². The number of hydrogen-bond acceptors (Lipinski definition) is 4. The Hall–Kier alpha value is -0.810. The third kappa shape index (κ3) is 3.64. The minimum atomic E-state index is -0.949. The summed E-state index contributed by atoms with van der Waals surface area (Å²) >= 11 is 0. The molecule has 94 valence electrons. The highest BCUT2D eigenvalue weighted by Gasteiger charge is 2.35. The van der Waals surface area contributed by atoms with E-state index in [4.69, 9.17) is 10.5 Å². The van der Waals surface area contributed by atoms with Crippen molar-refractivity contribution in [2.24, 2.45) is 5.73 Å². The van der Waals surface area contributed by atoms with Gasteiger partial charge in [-0.25, -0.2) is 4.79 Å². The zero-order valence-corrected chi connectivity index (χ0v) is 10.3. The number of aliphatic hydroxyl groups is 1. The first-order valence-corrected chi connectivity index (χ1v) is 5.66. The second-order valence-corrected chi connectivity index (χ2v) is 5.43. The quantitative estimate of drug-likeness (QED) is 0.695. The molecule has 1 saturated heterocycles. The zero-order valence-electron chi connectivity index (χ0n) is 10.3. The van der Waals surface area contributed by atoms with E-state index in [1.54, 1.807) is 0 Å². The number of β-amino-alcohol motifs (C(OH)–C–C–N with tert-alkyl or cyclic N) is 1. The van der Waals surface area contributed by atoms with Crippen LogP contribution in [0.2, 0.25) is 0 Å². The lowest BCUT2D eigenvalue weighted by atomic mass is 9.93. The zero-order chi connectivity index (χ0) is 12.4. The van der Waals surface area contributed by atoms with Crippen LogP contribution in [0.3, 0.4) is 0 Å². The Labute approximate surface area is 96.6 Å². The number of rotatable bonds is 1. The molecule has 0 saturated carbocycles. The van der Waals surface area contributed by atoms with E-state index in [1.165, 1.54) is 4.90 Å². The smallest absolute Gasteiger partial charge is 0.410 e. The highest BCUT2D eigenvalue weighted by molar-refractivity contribution is 5.68. The predicted molar refractivity (Wildman–Crippen MR) is 61.0 cm³/mol. The van der Waals surface area contributed by atoms with Crippen molar-refractivity contribution >= 4 is 6.09 Å². The van der Waals surface area contributed by atoms with Gasteiger partial charge in [0.05, 0.1) is 12.1 Å². The molecule has 0 radical (unpaired) electrons. The summed E-state index contributed by atoms with van der Waals surface area (Å²) in [6, 6.07) is 0. The molecule has 1 amide bonds. The van der Waals surface area contributed by atoms with Gasteiger partial charge >= 0.3 is 6.09 Å². The van der Waals surface area contributed by atoms with Crippen molar-refractivity contribution in [3.05, 3.63) is 0 Å². The van der Waals surface area contributed by atoms with E-state index in [0.29, 0.717) is 13.0 Å². The van der Waals surface area contributed by atoms with Crippen molar-refractivity contribution in [3.63, 3.8) is 0 Å². The molecule has 0 aromatic heterocycles. The summed E-state index contributed by atoms with van der Waals surface area (Å²) in [7, 11) is 0. The van der Waals surface area contributed by atoms with Crippen LogP contribution in [0.25, 0.3) is 0 Å². The number of carbonyl (C=O) groups is 1. The van der Waals surface area contributed by atoms with Gasteiger partial charge in [0.25, 0.3) is 0 Å². The number of hydrogen-bond donors (Lipinski definition) is 2. The van der Waals surface area contributed by atoms with Gasteiger partial charge in [0.2, 0.25) is 0 Å². The Morgan fingerprint density at radius 3 is 2.69 bits per heavy atom. The molecule has 1 unspecified atom stereocenters. The summed E-state index contributed by atoms with van der Waals surface area (Å²) in [6.45, 7) is 6.53. The second-order valence-electron chi connectivity index (χ2n) is 5.43. The summed E-state index contributed by atoms with van der Waals surface area (Å²) < 4.78 is 5.25. The van der Waals surface area contributed by atoms with Gasteiger partial charge in [-0.05, 0) is 33.6 Å². The highest BCUT2D eigenvalue weighted by atomic mass is 16.6. The lowest BCUT2D eigenvalue weighted by Gasteiger charge is -2.38. The van der Waals surface area contributed by atoms with Gasteiger partial charge in [-0.3, -0.25) is 0 Å². The maximum atomic E-state index is 11.8. The predicted octanol–water partition coefficient (Wildman–Crippen LogP) is 0.707. The molecule has 0 bridgehead atoms. The van der Waals surface area contributed by atoms with Crippen LogP contribution in [-0.4, -0.2) is 46.9 Å². The van der Waals surface area contributed by atoms with Crippen LogP contribution in [0.1, 0.15) is 33.6 Å². The summed E-state index contributed by atoms with van der Waals surface area (Å²) in [4.78, 5) is 13.3. The number of piperidine rings is 1. The molecule has 1 rings (SSSR count). The summed E-state index contributed by atoms with van der Waals surface area (Å²) in [5.74, 6) is 0. The van der Waals surface area contributed by atoms with E-state index >= 15 is 0 Å². The third-order valence-electron chi connectivity index (χ3n) is 2.59. The summed E-state index contributed by atoms with van der Waals surface area (Å²) in [5.41, 5.74) is 4.04. The topological polar surface area (TPSA) is 75.8 Å². The SMILES string of the molecule is CC(C)(C)OC(=O)N1CCCC(O)(CN)C1. The Bertz CT molecular complexity index is 262. The molecule has 5 heteroatoms. The average molecular weight is 230 g/mol. The molecule has 0 spiro atoms. The van der Waals surface area contributed by atoms with Crippen molar-refractivity contribution in [1.29, 1.82) is 0 Å².